The maximum atomic E-state index is 5.62. The molecule has 1 saturated heterocycles. The topological polar surface area (TPSA) is 56.3 Å². The first-order chi connectivity index (χ1) is 15.2. The van der Waals surface area contributed by atoms with Gasteiger partial charge >= 0.3 is 0 Å². The molecule has 0 amide bonds. The Balaban J connectivity index is 1.36. The van der Waals surface area contributed by atoms with Crippen LogP contribution < -0.4 is 20.4 Å². The fourth-order valence-corrected chi connectivity index (χ4v) is 5.27. The number of aromatic nitrogens is 2. The Bertz CT molecular complexity index is 920. The van der Waals surface area contributed by atoms with Crippen molar-refractivity contribution in [3.05, 3.63) is 41.5 Å². The van der Waals surface area contributed by atoms with Gasteiger partial charge in [-0.3, -0.25) is 0 Å². The summed E-state index contributed by atoms with van der Waals surface area (Å²) >= 11 is 5.62. The number of anilines is 3. The van der Waals surface area contributed by atoms with Crippen molar-refractivity contribution in [3.63, 3.8) is 0 Å². The summed E-state index contributed by atoms with van der Waals surface area (Å²) in [6, 6.07) is 11.3. The number of nitrogens with one attached hydrogen (secondary N) is 2. The van der Waals surface area contributed by atoms with E-state index in [2.05, 4.69) is 50.8 Å². The predicted octanol–water partition coefficient (Wildman–Crippen LogP) is 4.26. The van der Waals surface area contributed by atoms with Crippen molar-refractivity contribution in [3.8, 4) is 0 Å². The smallest absolute Gasteiger partial charge is 0.232 e. The highest BCUT2D eigenvalue weighted by atomic mass is 32.1. The Morgan fingerprint density at radius 3 is 2.35 bits per heavy atom. The van der Waals surface area contributed by atoms with Gasteiger partial charge < -0.3 is 20.4 Å². The van der Waals surface area contributed by atoms with E-state index in [1.54, 1.807) is 0 Å². The summed E-state index contributed by atoms with van der Waals surface area (Å²) < 4.78 is 0. The average Bonchev–Trinajstić information content (AvgIpc) is 3.34. The van der Waals surface area contributed by atoms with Crippen molar-refractivity contribution in [2.75, 3.05) is 34.8 Å². The Kier molecular flexibility index (Phi) is 6.20. The number of hydrogen-bond donors (Lipinski definition) is 2. The van der Waals surface area contributed by atoms with Crippen LogP contribution >= 0.6 is 12.2 Å². The number of hydrogen-bond acceptors (Lipinski definition) is 5. The number of thiocarbonyl (C=S) groups is 1. The van der Waals surface area contributed by atoms with Crippen molar-refractivity contribution in [1.82, 2.24) is 15.3 Å². The SMILES string of the molecule is S=C(Nc1nc(N2CCCC2)cc(N2CCc3ccccc3C2)n1)NC1CCCCC1. The van der Waals surface area contributed by atoms with E-state index >= 15 is 0 Å². The van der Waals surface area contributed by atoms with Gasteiger partial charge in [-0.15, -0.1) is 0 Å². The molecule has 0 atom stereocenters. The molecule has 1 saturated carbocycles. The zero-order valence-corrected chi connectivity index (χ0v) is 19.0. The van der Waals surface area contributed by atoms with Crippen molar-refractivity contribution in [2.45, 2.75) is 64.0 Å². The van der Waals surface area contributed by atoms with E-state index < -0.39 is 0 Å². The highest BCUT2D eigenvalue weighted by Gasteiger charge is 2.22. The van der Waals surface area contributed by atoms with E-state index in [0.717, 1.165) is 44.2 Å². The summed E-state index contributed by atoms with van der Waals surface area (Å²) in [6.07, 6.45) is 9.76. The molecule has 2 fully saturated rings. The van der Waals surface area contributed by atoms with E-state index in [1.165, 1.54) is 56.1 Å². The molecular weight excluding hydrogens is 404 g/mol. The minimum Gasteiger partial charge on any atom is -0.360 e. The van der Waals surface area contributed by atoms with Gasteiger partial charge in [0.25, 0.3) is 0 Å². The Morgan fingerprint density at radius 1 is 0.871 bits per heavy atom. The minimum absolute atomic E-state index is 0.466. The number of nitrogens with zero attached hydrogens (tertiary/aromatic N) is 4. The van der Waals surface area contributed by atoms with Gasteiger partial charge in [-0.1, -0.05) is 43.5 Å². The molecule has 7 heteroatoms. The standard InChI is InChI=1S/C24H32N6S/c31-24(25-20-10-2-1-3-11-20)28-23-26-21(29-13-6-7-14-29)16-22(27-23)30-15-12-18-8-4-5-9-19(18)17-30/h4-5,8-9,16,20H,1-3,6-7,10-15,17H2,(H2,25,26,27,28,31). The largest absolute Gasteiger partial charge is 0.360 e. The molecule has 164 valence electrons. The molecule has 2 N–H and O–H groups in total. The highest BCUT2D eigenvalue weighted by Crippen LogP contribution is 2.28. The monoisotopic (exact) mass is 436 g/mol. The van der Waals surface area contributed by atoms with Crippen LogP contribution in [0.5, 0.6) is 0 Å². The molecule has 31 heavy (non-hydrogen) atoms. The summed E-state index contributed by atoms with van der Waals surface area (Å²) in [6.45, 7) is 3.97. The molecule has 3 aliphatic rings. The lowest BCUT2D eigenvalue weighted by molar-refractivity contribution is 0.414. The van der Waals surface area contributed by atoms with Crippen LogP contribution in [0.3, 0.4) is 0 Å². The van der Waals surface area contributed by atoms with Crippen molar-refractivity contribution >= 4 is 34.9 Å². The van der Waals surface area contributed by atoms with Crippen LogP contribution in [0.2, 0.25) is 0 Å². The maximum absolute atomic E-state index is 5.62. The number of benzene rings is 1. The third-order valence-corrected chi connectivity index (χ3v) is 6.97. The highest BCUT2D eigenvalue weighted by molar-refractivity contribution is 7.80. The summed E-state index contributed by atoms with van der Waals surface area (Å²) in [5, 5.41) is 7.42. The third kappa shape index (κ3) is 4.92. The second-order valence-electron chi connectivity index (χ2n) is 8.98. The molecule has 2 aliphatic heterocycles. The first kappa shape index (κ1) is 20.5. The molecule has 5 rings (SSSR count). The van der Waals surface area contributed by atoms with Gasteiger partial charge in [0.2, 0.25) is 5.95 Å². The van der Waals surface area contributed by atoms with Crippen molar-refractivity contribution in [1.29, 1.82) is 0 Å². The average molecular weight is 437 g/mol. The fraction of sp³-hybridized carbons (Fsp3) is 0.542. The normalized spacial score (nSPS) is 19.2. The van der Waals surface area contributed by atoms with E-state index in [4.69, 9.17) is 22.2 Å². The van der Waals surface area contributed by atoms with E-state index in [0.29, 0.717) is 17.1 Å². The molecule has 1 aliphatic carbocycles. The maximum Gasteiger partial charge on any atom is 0.232 e. The Hall–Kier alpha value is -2.41. The molecule has 1 aromatic carbocycles. The molecule has 0 unspecified atom stereocenters. The lowest BCUT2D eigenvalue weighted by Crippen LogP contribution is -2.39. The molecule has 0 spiro atoms. The summed E-state index contributed by atoms with van der Waals surface area (Å²) in [7, 11) is 0. The van der Waals surface area contributed by atoms with Gasteiger partial charge in [-0.05, 0) is 55.4 Å². The van der Waals surface area contributed by atoms with Gasteiger partial charge in [0.1, 0.15) is 11.6 Å². The second kappa shape index (κ2) is 9.39. The third-order valence-electron chi connectivity index (χ3n) is 6.75. The van der Waals surface area contributed by atoms with Crippen LogP contribution in [0.4, 0.5) is 17.6 Å². The van der Waals surface area contributed by atoms with Gasteiger partial charge in [0.15, 0.2) is 5.11 Å². The Labute approximate surface area is 190 Å². The first-order valence-corrected chi connectivity index (χ1v) is 12.2. The van der Waals surface area contributed by atoms with E-state index in [9.17, 15) is 0 Å². The van der Waals surface area contributed by atoms with Crippen LogP contribution in [0.1, 0.15) is 56.1 Å². The Morgan fingerprint density at radius 2 is 1.58 bits per heavy atom. The van der Waals surface area contributed by atoms with Gasteiger partial charge in [0, 0.05) is 38.3 Å². The van der Waals surface area contributed by atoms with Crippen LogP contribution in [0, 0.1) is 0 Å². The summed E-state index contributed by atoms with van der Waals surface area (Å²) in [5.74, 6) is 2.59. The molecule has 3 heterocycles. The first-order valence-electron chi connectivity index (χ1n) is 11.8. The molecule has 6 nitrogen and oxygen atoms in total. The number of fused-ring (bicyclic) bond motifs is 1. The zero-order valence-electron chi connectivity index (χ0n) is 18.1. The molecule has 2 aromatic rings. The van der Waals surface area contributed by atoms with Crippen molar-refractivity contribution in [2.24, 2.45) is 0 Å². The van der Waals surface area contributed by atoms with Crippen LogP contribution in [0.15, 0.2) is 30.3 Å². The van der Waals surface area contributed by atoms with E-state index in [-0.39, 0.29) is 0 Å². The van der Waals surface area contributed by atoms with Gasteiger partial charge in [0.05, 0.1) is 0 Å². The molecule has 0 bridgehead atoms. The van der Waals surface area contributed by atoms with Crippen LogP contribution in [0.25, 0.3) is 0 Å². The second-order valence-corrected chi connectivity index (χ2v) is 9.38. The lowest BCUT2D eigenvalue weighted by atomic mass is 9.96. The summed E-state index contributed by atoms with van der Waals surface area (Å²) in [4.78, 5) is 14.5. The van der Waals surface area contributed by atoms with Crippen molar-refractivity contribution < 1.29 is 0 Å². The van der Waals surface area contributed by atoms with Gasteiger partial charge in [-0.2, -0.15) is 9.97 Å². The van der Waals surface area contributed by atoms with Gasteiger partial charge in [-0.25, -0.2) is 0 Å². The fourth-order valence-electron chi connectivity index (χ4n) is 5.01. The minimum atomic E-state index is 0.466. The molecule has 0 radical (unpaired) electrons. The number of rotatable bonds is 4. The molecular formula is C24H32N6S. The quantitative estimate of drug-likeness (QED) is 0.695. The van der Waals surface area contributed by atoms with Crippen LogP contribution in [-0.4, -0.2) is 40.8 Å². The zero-order chi connectivity index (χ0) is 21.0. The summed E-state index contributed by atoms with van der Waals surface area (Å²) in [5.41, 5.74) is 2.84. The van der Waals surface area contributed by atoms with E-state index in [1.807, 2.05) is 0 Å². The predicted molar refractivity (Wildman–Crippen MR) is 131 cm³/mol. The molecule has 1 aromatic heterocycles. The van der Waals surface area contributed by atoms with Crippen LogP contribution in [-0.2, 0) is 13.0 Å². The lowest BCUT2D eigenvalue weighted by Gasteiger charge is -2.31.